The summed E-state index contributed by atoms with van der Waals surface area (Å²) < 4.78 is 36.7. The highest BCUT2D eigenvalue weighted by Crippen LogP contribution is 2.60. The van der Waals surface area contributed by atoms with Gasteiger partial charge in [-0.05, 0) is 37.1 Å². The minimum atomic E-state index is -5.05. The van der Waals surface area contributed by atoms with E-state index in [1.54, 1.807) is 19.9 Å². The van der Waals surface area contributed by atoms with Crippen LogP contribution in [0.25, 0.3) is 0 Å². The van der Waals surface area contributed by atoms with Crippen molar-refractivity contribution in [1.82, 2.24) is 0 Å². The molecule has 0 heterocycles. The highest BCUT2D eigenvalue weighted by molar-refractivity contribution is 8.20. The van der Waals surface area contributed by atoms with Crippen LogP contribution in [0, 0.1) is 13.8 Å². The molecule has 1 rings (SSSR count). The molecule has 0 nitrogen and oxygen atoms in total. The highest BCUT2D eigenvalue weighted by Gasteiger charge is 2.24. The van der Waals surface area contributed by atoms with Gasteiger partial charge < -0.3 is 0 Å². The van der Waals surface area contributed by atoms with E-state index in [1.807, 2.05) is 0 Å². The van der Waals surface area contributed by atoms with Gasteiger partial charge in [0.2, 0.25) is 11.2 Å². The van der Waals surface area contributed by atoms with Crippen molar-refractivity contribution in [3.05, 3.63) is 29.3 Å². The van der Waals surface area contributed by atoms with Crippen LogP contribution in [0.5, 0.6) is 0 Å². The predicted molar refractivity (Wildman–Crippen MR) is 45.1 cm³/mol. The van der Waals surface area contributed by atoms with Crippen molar-refractivity contribution in [3.8, 4) is 0 Å². The van der Waals surface area contributed by atoms with E-state index < -0.39 is 16.1 Å². The van der Waals surface area contributed by atoms with Gasteiger partial charge in [-0.15, -0.1) is 11.7 Å². The Hall–Kier alpha value is -0.640. The Bertz CT molecular complexity index is 271. The summed E-state index contributed by atoms with van der Waals surface area (Å²) in [5.74, 6) is 0. The van der Waals surface area contributed by atoms with Gasteiger partial charge in [-0.3, -0.25) is 0 Å². The van der Waals surface area contributed by atoms with Crippen molar-refractivity contribution in [2.45, 2.75) is 18.7 Å². The maximum atomic E-state index is 12.2. The fourth-order valence-electron chi connectivity index (χ4n) is 1.07. The molecular formula is C8H9F3S. The van der Waals surface area contributed by atoms with Gasteiger partial charge in [0, 0.05) is 0 Å². The summed E-state index contributed by atoms with van der Waals surface area (Å²) in [6, 6.07) is 4.10. The van der Waals surface area contributed by atoms with E-state index in [0.717, 1.165) is 0 Å². The summed E-state index contributed by atoms with van der Waals surface area (Å²) in [5, 5.41) is 0. The molecule has 0 aliphatic carbocycles. The Kier molecular flexibility index (Phi) is 2.37. The standard InChI is InChI=1S/C8H9F3S/c1-6-3-7(2)5-8(4-6)12(9,10)11/h3-5H,1-2H3. The average molecular weight is 194 g/mol. The van der Waals surface area contributed by atoms with Crippen molar-refractivity contribution in [1.29, 1.82) is 0 Å². The zero-order valence-electron chi connectivity index (χ0n) is 6.77. The molecule has 0 N–H and O–H groups in total. The Morgan fingerprint density at radius 2 is 1.33 bits per heavy atom. The van der Waals surface area contributed by atoms with Crippen LogP contribution in [0.1, 0.15) is 11.1 Å². The van der Waals surface area contributed by atoms with Crippen LogP contribution in [-0.2, 0) is 0 Å². The first-order valence-electron chi connectivity index (χ1n) is 3.40. The summed E-state index contributed by atoms with van der Waals surface area (Å²) in [4.78, 5) is -0.486. The quantitative estimate of drug-likeness (QED) is 0.630. The molecule has 68 valence electrons. The van der Waals surface area contributed by atoms with Gasteiger partial charge in [-0.1, -0.05) is 6.07 Å². The predicted octanol–water partition coefficient (Wildman–Crippen LogP) is 4.12. The summed E-state index contributed by atoms with van der Waals surface area (Å²) in [7, 11) is 0. The van der Waals surface area contributed by atoms with E-state index in [2.05, 4.69) is 0 Å². The number of halogens is 3. The first-order chi connectivity index (χ1) is 5.39. The molecule has 0 amide bonds. The van der Waals surface area contributed by atoms with E-state index in [-0.39, 0.29) is 0 Å². The monoisotopic (exact) mass is 194 g/mol. The molecule has 1 aromatic carbocycles. The molecule has 0 aliphatic heterocycles. The maximum Gasteiger partial charge on any atom is 0.237 e. The lowest BCUT2D eigenvalue weighted by molar-refractivity contribution is 0.633. The van der Waals surface area contributed by atoms with E-state index in [1.165, 1.54) is 12.1 Å². The third-order valence-electron chi connectivity index (χ3n) is 1.46. The normalized spacial score (nSPS) is 13.1. The minimum Gasteiger partial charge on any atom is -0.120 e. The Balaban J connectivity index is 3.18. The van der Waals surface area contributed by atoms with E-state index >= 15 is 0 Å². The molecular weight excluding hydrogens is 185 g/mol. The third kappa shape index (κ3) is 2.17. The molecule has 0 saturated carbocycles. The first kappa shape index (κ1) is 9.45. The molecule has 0 bridgehead atoms. The van der Waals surface area contributed by atoms with E-state index in [4.69, 9.17) is 0 Å². The molecule has 0 aliphatic rings. The molecule has 0 radical (unpaired) electrons. The molecule has 1 aromatic rings. The number of aryl methyl sites for hydroxylation is 2. The van der Waals surface area contributed by atoms with Crippen LogP contribution in [0.2, 0.25) is 0 Å². The summed E-state index contributed by atoms with van der Waals surface area (Å²) in [6.07, 6.45) is 0. The molecule has 4 heteroatoms. The molecule has 12 heavy (non-hydrogen) atoms. The van der Waals surface area contributed by atoms with Crippen LogP contribution < -0.4 is 0 Å². The van der Waals surface area contributed by atoms with Gasteiger partial charge in [-0.2, -0.15) is 0 Å². The summed E-state index contributed by atoms with van der Waals surface area (Å²) in [5.41, 5.74) is 1.32. The second-order valence-corrected chi connectivity index (χ2v) is 4.01. The number of benzene rings is 1. The van der Waals surface area contributed by atoms with Crippen LogP contribution in [0.15, 0.2) is 23.1 Å². The fraction of sp³-hybridized carbons (Fsp3) is 0.250. The van der Waals surface area contributed by atoms with E-state index in [9.17, 15) is 11.7 Å². The van der Waals surface area contributed by atoms with Crippen molar-refractivity contribution in [2.24, 2.45) is 0 Å². The lowest BCUT2D eigenvalue weighted by atomic mass is 10.2. The number of hydrogen-bond acceptors (Lipinski definition) is 0. The van der Waals surface area contributed by atoms with Crippen molar-refractivity contribution in [2.75, 3.05) is 0 Å². The molecule has 0 aromatic heterocycles. The average Bonchev–Trinajstić information content (AvgIpc) is 1.82. The maximum absolute atomic E-state index is 12.2. The Morgan fingerprint density at radius 3 is 1.67 bits per heavy atom. The molecule has 0 unspecified atom stereocenters. The summed E-state index contributed by atoms with van der Waals surface area (Å²) in [6.45, 7) is 3.34. The zero-order valence-corrected chi connectivity index (χ0v) is 7.59. The Labute approximate surface area is 71.6 Å². The Morgan fingerprint density at radius 1 is 0.917 bits per heavy atom. The van der Waals surface area contributed by atoms with Crippen LogP contribution in [-0.4, -0.2) is 0 Å². The van der Waals surface area contributed by atoms with Gasteiger partial charge in [0.25, 0.3) is 0 Å². The lowest BCUT2D eigenvalue weighted by Crippen LogP contribution is -1.84. The van der Waals surface area contributed by atoms with Crippen molar-refractivity contribution in [3.63, 3.8) is 0 Å². The van der Waals surface area contributed by atoms with Crippen LogP contribution in [0.4, 0.5) is 11.7 Å². The fourth-order valence-corrected chi connectivity index (χ4v) is 1.71. The largest absolute Gasteiger partial charge is 0.237 e. The topological polar surface area (TPSA) is 0 Å². The molecule has 0 spiro atoms. The number of hydrogen-bond donors (Lipinski definition) is 0. The second-order valence-electron chi connectivity index (χ2n) is 2.73. The van der Waals surface area contributed by atoms with E-state index in [0.29, 0.717) is 11.1 Å². The molecule has 0 fully saturated rings. The van der Waals surface area contributed by atoms with Gasteiger partial charge >= 0.3 is 0 Å². The van der Waals surface area contributed by atoms with Gasteiger partial charge in [0.1, 0.15) is 0 Å². The van der Waals surface area contributed by atoms with Crippen LogP contribution >= 0.6 is 11.2 Å². The minimum absolute atomic E-state index is 0.486. The molecule has 0 atom stereocenters. The zero-order chi connectivity index (χ0) is 9.35. The van der Waals surface area contributed by atoms with Gasteiger partial charge in [0.05, 0.1) is 4.90 Å². The summed E-state index contributed by atoms with van der Waals surface area (Å²) >= 11 is -5.05. The van der Waals surface area contributed by atoms with Crippen LogP contribution in [0.3, 0.4) is 0 Å². The van der Waals surface area contributed by atoms with Crippen molar-refractivity contribution >= 4 is 11.2 Å². The van der Waals surface area contributed by atoms with Gasteiger partial charge in [0.15, 0.2) is 0 Å². The van der Waals surface area contributed by atoms with Crippen molar-refractivity contribution < 1.29 is 11.7 Å². The lowest BCUT2D eigenvalue weighted by Gasteiger charge is -2.11. The number of rotatable bonds is 1. The smallest absolute Gasteiger partial charge is 0.120 e. The third-order valence-corrected chi connectivity index (χ3v) is 2.23. The van der Waals surface area contributed by atoms with Gasteiger partial charge in [-0.25, -0.2) is 0 Å². The molecule has 0 saturated heterocycles. The SMILES string of the molecule is Cc1cc(C)cc(S(F)(F)F)c1. The second kappa shape index (κ2) is 3.01. The highest BCUT2D eigenvalue weighted by atomic mass is 32.3. The first-order valence-corrected chi connectivity index (χ1v) is 4.73.